The van der Waals surface area contributed by atoms with Crippen molar-refractivity contribution in [1.29, 1.82) is 0 Å². The molecule has 3 heterocycles. The number of nitrogens with one attached hydrogen (secondary N) is 1. The zero-order valence-corrected chi connectivity index (χ0v) is 15.7. The molecule has 3 rings (SSSR count). The first kappa shape index (κ1) is 17.6. The Morgan fingerprint density at radius 2 is 2.16 bits per heavy atom. The van der Waals surface area contributed by atoms with E-state index >= 15 is 0 Å². The molecule has 1 N–H and O–H groups in total. The van der Waals surface area contributed by atoms with E-state index < -0.39 is 0 Å². The van der Waals surface area contributed by atoms with E-state index in [9.17, 15) is 9.59 Å². The molecule has 8 heteroatoms. The number of nitrogens with zero attached hydrogens (tertiary/aromatic N) is 3. The van der Waals surface area contributed by atoms with Crippen molar-refractivity contribution in [1.82, 2.24) is 14.9 Å². The standard InChI is InChI=1S/C17H22N4O3S/c1-5-24-17(23)14-9(2)13-15(18-10(3)19-16(13)25-14)20-11-6-7-21(4)12(22)8-11/h11H,5-8H2,1-4H3,(H,18,19,20). The van der Waals surface area contributed by atoms with E-state index in [1.54, 1.807) is 11.8 Å². The number of aromatic nitrogens is 2. The summed E-state index contributed by atoms with van der Waals surface area (Å²) in [6.45, 7) is 6.55. The van der Waals surface area contributed by atoms with Crippen LogP contribution in [0.4, 0.5) is 5.82 Å². The van der Waals surface area contributed by atoms with Gasteiger partial charge in [-0.3, -0.25) is 4.79 Å². The lowest BCUT2D eigenvalue weighted by Gasteiger charge is -2.29. The summed E-state index contributed by atoms with van der Waals surface area (Å²) >= 11 is 1.32. The van der Waals surface area contributed by atoms with Crippen molar-refractivity contribution in [3.8, 4) is 0 Å². The van der Waals surface area contributed by atoms with Crippen LogP contribution in [0.2, 0.25) is 0 Å². The molecule has 134 valence electrons. The van der Waals surface area contributed by atoms with Crippen molar-refractivity contribution in [2.45, 2.75) is 39.7 Å². The van der Waals surface area contributed by atoms with Crippen LogP contribution in [-0.4, -0.2) is 53.0 Å². The fourth-order valence-electron chi connectivity index (χ4n) is 3.00. The fourth-order valence-corrected chi connectivity index (χ4v) is 4.12. The summed E-state index contributed by atoms with van der Waals surface area (Å²) in [7, 11) is 1.82. The van der Waals surface area contributed by atoms with Gasteiger partial charge in [-0.2, -0.15) is 0 Å². The third-order valence-corrected chi connectivity index (χ3v) is 5.53. The van der Waals surface area contributed by atoms with Gasteiger partial charge in [-0.05, 0) is 32.8 Å². The Kier molecular flexibility index (Phi) is 4.89. The van der Waals surface area contributed by atoms with E-state index in [4.69, 9.17) is 4.74 Å². The minimum absolute atomic E-state index is 0.0338. The second-order valence-electron chi connectivity index (χ2n) is 6.23. The van der Waals surface area contributed by atoms with Crippen LogP contribution in [0.1, 0.15) is 40.8 Å². The molecule has 0 saturated carbocycles. The van der Waals surface area contributed by atoms with Gasteiger partial charge in [-0.1, -0.05) is 0 Å². The summed E-state index contributed by atoms with van der Waals surface area (Å²) in [5, 5.41) is 4.23. The van der Waals surface area contributed by atoms with Gasteiger partial charge < -0.3 is 15.0 Å². The fraction of sp³-hybridized carbons (Fsp3) is 0.529. The number of ether oxygens (including phenoxy) is 1. The predicted molar refractivity (Wildman–Crippen MR) is 97.1 cm³/mol. The summed E-state index contributed by atoms with van der Waals surface area (Å²) in [4.78, 5) is 36.2. The number of carbonyl (C=O) groups excluding carboxylic acids is 2. The molecule has 1 aliphatic rings. The number of rotatable bonds is 4. The van der Waals surface area contributed by atoms with Crippen LogP contribution in [0.5, 0.6) is 0 Å². The first-order valence-corrected chi connectivity index (χ1v) is 9.17. The number of aryl methyl sites for hydroxylation is 2. The molecule has 0 spiro atoms. The quantitative estimate of drug-likeness (QED) is 0.842. The summed E-state index contributed by atoms with van der Waals surface area (Å²) < 4.78 is 5.14. The summed E-state index contributed by atoms with van der Waals surface area (Å²) in [5.41, 5.74) is 0.820. The minimum atomic E-state index is -0.332. The van der Waals surface area contributed by atoms with Crippen LogP contribution in [0.3, 0.4) is 0 Å². The van der Waals surface area contributed by atoms with Crippen molar-refractivity contribution in [2.24, 2.45) is 0 Å². The molecule has 2 aromatic heterocycles. The number of carbonyl (C=O) groups is 2. The lowest BCUT2D eigenvalue weighted by molar-refractivity contribution is -0.132. The Morgan fingerprint density at radius 1 is 1.40 bits per heavy atom. The Balaban J connectivity index is 1.97. The first-order valence-electron chi connectivity index (χ1n) is 8.36. The second-order valence-corrected chi connectivity index (χ2v) is 7.22. The van der Waals surface area contributed by atoms with Crippen molar-refractivity contribution in [2.75, 3.05) is 25.5 Å². The van der Waals surface area contributed by atoms with Gasteiger partial charge in [0.25, 0.3) is 0 Å². The van der Waals surface area contributed by atoms with Gasteiger partial charge in [0, 0.05) is 26.1 Å². The van der Waals surface area contributed by atoms with Crippen LogP contribution in [0, 0.1) is 13.8 Å². The summed E-state index contributed by atoms with van der Waals surface area (Å²) in [5.74, 6) is 1.11. The molecular weight excluding hydrogens is 340 g/mol. The van der Waals surface area contributed by atoms with Crippen molar-refractivity contribution >= 4 is 39.2 Å². The molecule has 1 unspecified atom stereocenters. The highest BCUT2D eigenvalue weighted by atomic mass is 32.1. The normalized spacial score (nSPS) is 17.8. The van der Waals surface area contributed by atoms with Gasteiger partial charge in [0.15, 0.2) is 0 Å². The number of thiophene rings is 1. The van der Waals surface area contributed by atoms with Gasteiger partial charge >= 0.3 is 5.97 Å². The average Bonchev–Trinajstić information content (AvgIpc) is 2.88. The molecule has 7 nitrogen and oxygen atoms in total. The molecule has 2 aromatic rings. The SMILES string of the molecule is CCOC(=O)c1sc2nc(C)nc(NC3CCN(C)C(=O)C3)c2c1C. The van der Waals surface area contributed by atoms with Gasteiger partial charge in [0.1, 0.15) is 21.3 Å². The molecule has 0 bridgehead atoms. The molecule has 25 heavy (non-hydrogen) atoms. The van der Waals surface area contributed by atoms with Crippen molar-refractivity contribution in [3.63, 3.8) is 0 Å². The number of amides is 1. The van der Waals surface area contributed by atoms with E-state index in [1.807, 2.05) is 20.9 Å². The highest BCUT2D eigenvalue weighted by Gasteiger charge is 2.26. The number of hydrogen-bond donors (Lipinski definition) is 1. The maximum Gasteiger partial charge on any atom is 0.348 e. The largest absolute Gasteiger partial charge is 0.462 e. The van der Waals surface area contributed by atoms with Gasteiger partial charge in [-0.15, -0.1) is 11.3 Å². The van der Waals surface area contributed by atoms with Gasteiger partial charge in [0.05, 0.1) is 12.0 Å². The predicted octanol–water partition coefficient (Wildman–Crippen LogP) is 2.52. The Morgan fingerprint density at radius 3 is 2.84 bits per heavy atom. The Bertz CT molecular complexity index is 833. The van der Waals surface area contributed by atoms with Gasteiger partial charge in [-0.25, -0.2) is 14.8 Å². The monoisotopic (exact) mass is 362 g/mol. The third kappa shape index (κ3) is 3.44. The molecule has 1 aliphatic heterocycles. The number of likely N-dealkylation sites (tertiary alicyclic amines) is 1. The van der Waals surface area contributed by atoms with Crippen LogP contribution in [0.15, 0.2) is 0 Å². The lowest BCUT2D eigenvalue weighted by atomic mass is 10.0. The number of piperidine rings is 1. The molecule has 0 radical (unpaired) electrons. The third-order valence-electron chi connectivity index (χ3n) is 4.36. The van der Waals surface area contributed by atoms with E-state index in [2.05, 4.69) is 15.3 Å². The Labute approximate surface area is 150 Å². The number of esters is 1. The topological polar surface area (TPSA) is 84.4 Å². The van der Waals surface area contributed by atoms with E-state index in [-0.39, 0.29) is 17.9 Å². The summed E-state index contributed by atoms with van der Waals surface area (Å²) in [6, 6.07) is 0.0338. The van der Waals surface area contributed by atoms with Crippen molar-refractivity contribution < 1.29 is 14.3 Å². The Hall–Kier alpha value is -2.22. The van der Waals surface area contributed by atoms with Crippen LogP contribution >= 0.6 is 11.3 Å². The highest BCUT2D eigenvalue weighted by Crippen LogP contribution is 2.35. The van der Waals surface area contributed by atoms with E-state index in [0.29, 0.717) is 29.5 Å². The maximum atomic E-state index is 12.2. The van der Waals surface area contributed by atoms with E-state index in [1.165, 1.54) is 11.3 Å². The van der Waals surface area contributed by atoms with Crippen molar-refractivity contribution in [3.05, 3.63) is 16.3 Å². The molecule has 1 saturated heterocycles. The highest BCUT2D eigenvalue weighted by molar-refractivity contribution is 7.20. The minimum Gasteiger partial charge on any atom is -0.462 e. The maximum absolute atomic E-state index is 12.2. The summed E-state index contributed by atoms with van der Waals surface area (Å²) in [6.07, 6.45) is 1.30. The number of hydrogen-bond acceptors (Lipinski definition) is 7. The zero-order valence-electron chi connectivity index (χ0n) is 14.9. The average molecular weight is 362 g/mol. The smallest absolute Gasteiger partial charge is 0.348 e. The number of anilines is 1. The van der Waals surface area contributed by atoms with Crippen LogP contribution in [-0.2, 0) is 9.53 Å². The van der Waals surface area contributed by atoms with Crippen LogP contribution in [0.25, 0.3) is 10.2 Å². The lowest BCUT2D eigenvalue weighted by Crippen LogP contribution is -2.41. The first-order chi connectivity index (χ1) is 11.9. The zero-order chi connectivity index (χ0) is 18.1. The molecular formula is C17H22N4O3S. The molecule has 1 fully saturated rings. The van der Waals surface area contributed by atoms with Crippen LogP contribution < -0.4 is 5.32 Å². The molecule has 1 amide bonds. The number of fused-ring (bicyclic) bond motifs is 1. The molecule has 0 aliphatic carbocycles. The molecule has 1 atom stereocenters. The molecule has 0 aromatic carbocycles. The van der Waals surface area contributed by atoms with E-state index in [0.717, 1.165) is 28.7 Å². The van der Waals surface area contributed by atoms with Gasteiger partial charge in [0.2, 0.25) is 5.91 Å². The second kappa shape index (κ2) is 6.95.